The number of aromatic nitrogens is 3. The summed E-state index contributed by atoms with van der Waals surface area (Å²) in [6.07, 6.45) is 3.53. The maximum atomic E-state index is 5.97. The van der Waals surface area contributed by atoms with Gasteiger partial charge in [0.05, 0.1) is 11.4 Å². The van der Waals surface area contributed by atoms with E-state index in [4.69, 9.17) is 11.6 Å². The molecule has 1 aromatic carbocycles. The highest BCUT2D eigenvalue weighted by Gasteiger charge is 2.05. The van der Waals surface area contributed by atoms with Gasteiger partial charge < -0.3 is 0 Å². The molecule has 0 amide bonds. The van der Waals surface area contributed by atoms with Crippen molar-refractivity contribution < 1.29 is 0 Å². The Kier molecular flexibility index (Phi) is 2.82. The summed E-state index contributed by atoms with van der Waals surface area (Å²) in [7, 11) is 0. The fourth-order valence-electron chi connectivity index (χ4n) is 1.79. The third-order valence-corrected chi connectivity index (χ3v) is 2.91. The monoisotopic (exact) mass is 255 g/mol. The molecule has 18 heavy (non-hydrogen) atoms. The maximum Gasteiger partial charge on any atom is 0.0942 e. The van der Waals surface area contributed by atoms with Crippen molar-refractivity contribution in [3.63, 3.8) is 0 Å². The van der Waals surface area contributed by atoms with E-state index in [2.05, 4.69) is 15.2 Å². The van der Waals surface area contributed by atoms with E-state index in [1.807, 2.05) is 42.5 Å². The van der Waals surface area contributed by atoms with Gasteiger partial charge in [-0.3, -0.25) is 10.1 Å². The molecule has 3 nitrogen and oxygen atoms in total. The predicted molar refractivity (Wildman–Crippen MR) is 72.3 cm³/mol. The molecule has 1 N–H and O–H groups in total. The standard InChI is InChI=1S/C14H10ClN3/c15-12-5-1-3-10(7-12)13-8-14(18-17-13)11-4-2-6-16-9-11/h1-9H,(H,17,18). The summed E-state index contributed by atoms with van der Waals surface area (Å²) in [5.74, 6) is 0. The average Bonchev–Trinajstić information content (AvgIpc) is 2.89. The van der Waals surface area contributed by atoms with Crippen LogP contribution < -0.4 is 0 Å². The third kappa shape index (κ3) is 2.13. The topological polar surface area (TPSA) is 41.6 Å². The molecular formula is C14H10ClN3. The molecule has 0 aliphatic carbocycles. The van der Waals surface area contributed by atoms with Gasteiger partial charge in [-0.1, -0.05) is 23.7 Å². The van der Waals surface area contributed by atoms with Crippen LogP contribution in [0, 0.1) is 0 Å². The molecule has 0 saturated heterocycles. The van der Waals surface area contributed by atoms with Gasteiger partial charge in [-0.25, -0.2) is 0 Å². The van der Waals surface area contributed by atoms with E-state index in [1.165, 1.54) is 0 Å². The van der Waals surface area contributed by atoms with Gasteiger partial charge in [-0.05, 0) is 30.3 Å². The number of aromatic amines is 1. The lowest BCUT2D eigenvalue weighted by Crippen LogP contribution is -1.78. The minimum Gasteiger partial charge on any atom is -0.277 e. The fourth-order valence-corrected chi connectivity index (χ4v) is 1.98. The van der Waals surface area contributed by atoms with Gasteiger partial charge in [0.15, 0.2) is 0 Å². The van der Waals surface area contributed by atoms with Crippen molar-refractivity contribution in [1.29, 1.82) is 0 Å². The summed E-state index contributed by atoms with van der Waals surface area (Å²) in [4.78, 5) is 4.08. The SMILES string of the molecule is Clc1cccc(-c2cc(-c3cccnc3)n[nH]2)c1. The first kappa shape index (κ1) is 11.0. The molecule has 0 unspecified atom stereocenters. The molecule has 2 aromatic heterocycles. The van der Waals surface area contributed by atoms with Crippen molar-refractivity contribution in [2.75, 3.05) is 0 Å². The normalized spacial score (nSPS) is 10.5. The van der Waals surface area contributed by atoms with Crippen molar-refractivity contribution in [3.05, 3.63) is 59.9 Å². The van der Waals surface area contributed by atoms with Gasteiger partial charge in [0, 0.05) is 28.5 Å². The zero-order valence-corrected chi connectivity index (χ0v) is 10.2. The van der Waals surface area contributed by atoms with Crippen LogP contribution >= 0.6 is 11.6 Å². The number of hydrogen-bond donors (Lipinski definition) is 1. The Morgan fingerprint density at radius 2 is 1.89 bits per heavy atom. The summed E-state index contributed by atoms with van der Waals surface area (Å²) in [6, 6.07) is 13.5. The molecule has 0 aliphatic rings. The number of benzene rings is 1. The summed E-state index contributed by atoms with van der Waals surface area (Å²) < 4.78 is 0. The van der Waals surface area contributed by atoms with Crippen molar-refractivity contribution in [2.45, 2.75) is 0 Å². The smallest absolute Gasteiger partial charge is 0.0942 e. The van der Waals surface area contributed by atoms with Gasteiger partial charge in [-0.2, -0.15) is 5.10 Å². The van der Waals surface area contributed by atoms with Crippen molar-refractivity contribution in [1.82, 2.24) is 15.2 Å². The lowest BCUT2D eigenvalue weighted by Gasteiger charge is -1.96. The molecule has 3 rings (SSSR count). The zero-order valence-electron chi connectivity index (χ0n) is 9.47. The van der Waals surface area contributed by atoms with Gasteiger partial charge in [0.25, 0.3) is 0 Å². The van der Waals surface area contributed by atoms with E-state index >= 15 is 0 Å². The largest absolute Gasteiger partial charge is 0.277 e. The Morgan fingerprint density at radius 1 is 1.00 bits per heavy atom. The van der Waals surface area contributed by atoms with Crippen LogP contribution in [0.15, 0.2) is 54.9 Å². The Bertz CT molecular complexity index is 662. The second-order valence-corrected chi connectivity index (χ2v) is 4.36. The Morgan fingerprint density at radius 3 is 2.67 bits per heavy atom. The highest BCUT2D eigenvalue weighted by atomic mass is 35.5. The first-order chi connectivity index (χ1) is 8.83. The van der Waals surface area contributed by atoms with Crippen LogP contribution in [-0.4, -0.2) is 15.2 Å². The lowest BCUT2D eigenvalue weighted by atomic mass is 10.1. The molecular weight excluding hydrogens is 246 g/mol. The Labute approximate surface area is 109 Å². The third-order valence-electron chi connectivity index (χ3n) is 2.67. The number of hydrogen-bond acceptors (Lipinski definition) is 2. The molecule has 0 atom stereocenters. The lowest BCUT2D eigenvalue weighted by molar-refractivity contribution is 1.10. The van der Waals surface area contributed by atoms with Gasteiger partial charge >= 0.3 is 0 Å². The van der Waals surface area contributed by atoms with E-state index in [0.29, 0.717) is 5.02 Å². The first-order valence-corrected chi connectivity index (χ1v) is 5.92. The molecule has 4 heteroatoms. The average molecular weight is 256 g/mol. The fraction of sp³-hybridized carbons (Fsp3) is 0. The number of nitrogens with one attached hydrogen (secondary N) is 1. The van der Waals surface area contributed by atoms with E-state index < -0.39 is 0 Å². The second-order valence-electron chi connectivity index (χ2n) is 3.92. The molecule has 0 bridgehead atoms. The van der Waals surface area contributed by atoms with Crippen LogP contribution in [0.2, 0.25) is 5.02 Å². The summed E-state index contributed by atoms with van der Waals surface area (Å²) in [6.45, 7) is 0. The number of H-pyrrole nitrogens is 1. The van der Waals surface area contributed by atoms with E-state index in [9.17, 15) is 0 Å². The van der Waals surface area contributed by atoms with Crippen LogP contribution in [0.4, 0.5) is 0 Å². The molecule has 0 radical (unpaired) electrons. The number of nitrogens with zero attached hydrogens (tertiary/aromatic N) is 2. The molecule has 0 fully saturated rings. The van der Waals surface area contributed by atoms with Crippen LogP contribution in [-0.2, 0) is 0 Å². The first-order valence-electron chi connectivity index (χ1n) is 5.55. The molecule has 2 heterocycles. The van der Waals surface area contributed by atoms with Crippen molar-refractivity contribution in [2.24, 2.45) is 0 Å². The predicted octanol–water partition coefficient (Wildman–Crippen LogP) is 3.79. The summed E-state index contributed by atoms with van der Waals surface area (Å²) in [5.41, 5.74) is 3.82. The maximum absolute atomic E-state index is 5.97. The van der Waals surface area contributed by atoms with Gasteiger partial charge in [0.2, 0.25) is 0 Å². The van der Waals surface area contributed by atoms with E-state index in [0.717, 1.165) is 22.5 Å². The molecule has 0 aliphatic heterocycles. The summed E-state index contributed by atoms with van der Waals surface area (Å²) >= 11 is 5.97. The van der Waals surface area contributed by atoms with Crippen molar-refractivity contribution >= 4 is 11.6 Å². The van der Waals surface area contributed by atoms with Crippen LogP contribution in [0.25, 0.3) is 22.5 Å². The molecule has 88 valence electrons. The van der Waals surface area contributed by atoms with Gasteiger partial charge in [-0.15, -0.1) is 0 Å². The Balaban J connectivity index is 2.00. The highest BCUT2D eigenvalue weighted by Crippen LogP contribution is 2.24. The minimum atomic E-state index is 0.713. The zero-order chi connectivity index (χ0) is 12.4. The molecule has 0 spiro atoms. The van der Waals surface area contributed by atoms with Crippen molar-refractivity contribution in [3.8, 4) is 22.5 Å². The van der Waals surface area contributed by atoms with Gasteiger partial charge in [0.1, 0.15) is 0 Å². The number of halogens is 1. The molecule has 0 saturated carbocycles. The number of rotatable bonds is 2. The quantitative estimate of drug-likeness (QED) is 0.757. The van der Waals surface area contributed by atoms with Crippen LogP contribution in [0.3, 0.4) is 0 Å². The number of pyridine rings is 1. The highest BCUT2D eigenvalue weighted by molar-refractivity contribution is 6.30. The molecule has 3 aromatic rings. The van der Waals surface area contributed by atoms with E-state index in [-0.39, 0.29) is 0 Å². The van der Waals surface area contributed by atoms with Crippen LogP contribution in [0.1, 0.15) is 0 Å². The van der Waals surface area contributed by atoms with Crippen LogP contribution in [0.5, 0.6) is 0 Å². The minimum absolute atomic E-state index is 0.713. The van der Waals surface area contributed by atoms with E-state index in [1.54, 1.807) is 12.4 Å². The Hall–Kier alpha value is -2.13. The second kappa shape index (κ2) is 4.63. The summed E-state index contributed by atoms with van der Waals surface area (Å²) in [5, 5.41) is 8.01.